The molecule has 1 aliphatic rings. The molecule has 3 aromatic carbocycles. The lowest BCUT2D eigenvalue weighted by molar-refractivity contribution is -0.140. The Morgan fingerprint density at radius 3 is 2.19 bits per heavy atom. The van der Waals surface area contributed by atoms with Gasteiger partial charge in [0.05, 0.1) is 24.8 Å². The molecule has 1 unspecified atom stereocenters. The van der Waals surface area contributed by atoms with E-state index >= 15 is 0 Å². The molecule has 43 heavy (non-hydrogen) atoms. The molecule has 0 heterocycles. The quantitative estimate of drug-likeness (QED) is 0.291. The van der Waals surface area contributed by atoms with E-state index < -0.39 is 28.5 Å². The zero-order valence-electron chi connectivity index (χ0n) is 25.3. The Bertz CT molecular complexity index is 1490. The van der Waals surface area contributed by atoms with E-state index in [1.54, 1.807) is 49.6 Å². The Labute approximate surface area is 254 Å². The number of nitrogens with zero attached hydrogens (tertiary/aromatic N) is 2. The predicted octanol–water partition coefficient (Wildman–Crippen LogP) is 5.07. The summed E-state index contributed by atoms with van der Waals surface area (Å²) in [6.07, 6.45) is 4.30. The molecule has 9 nitrogen and oxygen atoms in total. The van der Waals surface area contributed by atoms with Crippen LogP contribution in [-0.2, 0) is 26.2 Å². The maximum absolute atomic E-state index is 14.3. The van der Waals surface area contributed by atoms with E-state index in [-0.39, 0.29) is 23.4 Å². The van der Waals surface area contributed by atoms with Crippen LogP contribution in [0.4, 0.5) is 5.69 Å². The Morgan fingerprint density at radius 1 is 0.930 bits per heavy atom. The van der Waals surface area contributed by atoms with Gasteiger partial charge in [-0.15, -0.1) is 0 Å². The summed E-state index contributed by atoms with van der Waals surface area (Å²) in [7, 11) is -1.10. The molecule has 0 aromatic heterocycles. The number of rotatable bonds is 13. The maximum atomic E-state index is 14.3. The van der Waals surface area contributed by atoms with Gasteiger partial charge in [0, 0.05) is 12.6 Å². The fraction of sp³-hybridized carbons (Fsp3) is 0.394. The summed E-state index contributed by atoms with van der Waals surface area (Å²) in [5.74, 6) is 0.414. The molecule has 0 aliphatic heterocycles. The molecule has 2 amide bonds. The number of ether oxygens (including phenoxy) is 2. The number of carbonyl (C=O) groups is 2. The molecule has 3 aromatic rings. The van der Waals surface area contributed by atoms with Gasteiger partial charge in [-0.25, -0.2) is 8.42 Å². The van der Waals surface area contributed by atoms with Crippen LogP contribution in [0, 0.1) is 6.92 Å². The Balaban J connectivity index is 1.71. The molecule has 1 fully saturated rings. The monoisotopic (exact) mass is 607 g/mol. The van der Waals surface area contributed by atoms with Gasteiger partial charge in [0.15, 0.2) is 0 Å². The molecule has 1 atom stereocenters. The first-order chi connectivity index (χ1) is 20.7. The molecular formula is C33H41N3O6S. The molecule has 4 rings (SSSR count). The van der Waals surface area contributed by atoms with Crippen molar-refractivity contribution in [3.8, 4) is 11.5 Å². The highest BCUT2D eigenvalue weighted by molar-refractivity contribution is 7.92. The van der Waals surface area contributed by atoms with Crippen LogP contribution in [-0.4, -0.2) is 58.0 Å². The van der Waals surface area contributed by atoms with Crippen LogP contribution in [0.15, 0.2) is 77.7 Å². The van der Waals surface area contributed by atoms with E-state index in [1.807, 2.05) is 32.0 Å². The summed E-state index contributed by atoms with van der Waals surface area (Å²) < 4.78 is 39.8. The summed E-state index contributed by atoms with van der Waals surface area (Å²) in [5, 5.41) is 3.13. The van der Waals surface area contributed by atoms with E-state index in [0.717, 1.165) is 41.1 Å². The number of methoxy groups -OCH3 is 2. The number of sulfonamides is 1. The van der Waals surface area contributed by atoms with Gasteiger partial charge in [0.1, 0.15) is 24.1 Å². The molecule has 0 radical (unpaired) electrons. The lowest BCUT2D eigenvalue weighted by atomic mass is 10.1. The minimum atomic E-state index is -4.17. The van der Waals surface area contributed by atoms with Gasteiger partial charge in [-0.2, -0.15) is 0 Å². The predicted molar refractivity (Wildman–Crippen MR) is 167 cm³/mol. The third-order valence-electron chi connectivity index (χ3n) is 7.82. The number of nitrogens with one attached hydrogen (secondary N) is 1. The van der Waals surface area contributed by atoms with Crippen LogP contribution in [0.5, 0.6) is 11.5 Å². The van der Waals surface area contributed by atoms with E-state index in [4.69, 9.17) is 9.47 Å². The van der Waals surface area contributed by atoms with E-state index in [1.165, 1.54) is 24.1 Å². The van der Waals surface area contributed by atoms with Crippen molar-refractivity contribution in [2.24, 2.45) is 0 Å². The first kappa shape index (κ1) is 31.9. The Hall–Kier alpha value is -4.05. The van der Waals surface area contributed by atoms with Crippen LogP contribution in [0.3, 0.4) is 0 Å². The first-order valence-corrected chi connectivity index (χ1v) is 16.1. The van der Waals surface area contributed by atoms with Crippen molar-refractivity contribution in [1.82, 2.24) is 10.2 Å². The van der Waals surface area contributed by atoms with Crippen LogP contribution in [0.1, 0.15) is 50.2 Å². The van der Waals surface area contributed by atoms with Gasteiger partial charge in [-0.05, 0) is 80.3 Å². The molecule has 1 N–H and O–H groups in total. The van der Waals surface area contributed by atoms with Crippen molar-refractivity contribution in [3.05, 3.63) is 83.9 Å². The second-order valence-electron chi connectivity index (χ2n) is 10.8. The molecular weight excluding hydrogens is 566 g/mol. The number of aryl methyl sites for hydroxylation is 1. The van der Waals surface area contributed by atoms with Crippen LogP contribution < -0.4 is 19.1 Å². The van der Waals surface area contributed by atoms with Crippen molar-refractivity contribution < 1.29 is 27.5 Å². The average molecular weight is 608 g/mol. The zero-order chi connectivity index (χ0) is 31.0. The Kier molecular flexibility index (Phi) is 10.7. The fourth-order valence-corrected chi connectivity index (χ4v) is 6.78. The number of benzene rings is 3. The van der Waals surface area contributed by atoms with Crippen LogP contribution >= 0.6 is 0 Å². The summed E-state index contributed by atoms with van der Waals surface area (Å²) in [5.41, 5.74) is 2.06. The smallest absolute Gasteiger partial charge is 0.264 e. The number of amides is 2. The highest BCUT2D eigenvalue weighted by Crippen LogP contribution is 2.27. The van der Waals surface area contributed by atoms with Gasteiger partial charge in [0.25, 0.3) is 10.0 Å². The summed E-state index contributed by atoms with van der Waals surface area (Å²) in [6, 6.07) is 19.6. The number of carbonyl (C=O) groups excluding carboxylic acids is 2. The zero-order valence-corrected chi connectivity index (χ0v) is 26.1. The number of hydrogen-bond donors (Lipinski definition) is 1. The second-order valence-corrected chi connectivity index (χ2v) is 12.7. The van der Waals surface area contributed by atoms with E-state index in [2.05, 4.69) is 5.32 Å². The molecule has 0 bridgehead atoms. The molecule has 1 aliphatic carbocycles. The standard InChI is InChI=1S/C33H41N3O6S/c1-5-31(33(38)34-26-10-6-7-11-26)35(22-25-9-8-12-29(21-25)42-4)32(37)23-36(27-15-13-24(2)14-16-27)43(39,40)30-19-17-28(41-3)18-20-30/h8-9,12-21,26,31H,5-7,10-11,22-23H2,1-4H3,(H,34,38). The molecule has 10 heteroatoms. The van der Waals surface area contributed by atoms with Crippen molar-refractivity contribution in [2.75, 3.05) is 25.1 Å². The lowest BCUT2D eigenvalue weighted by Crippen LogP contribution is -2.53. The Morgan fingerprint density at radius 2 is 1.58 bits per heavy atom. The summed E-state index contributed by atoms with van der Waals surface area (Å²) in [4.78, 5) is 29.4. The van der Waals surface area contributed by atoms with Crippen molar-refractivity contribution in [1.29, 1.82) is 0 Å². The van der Waals surface area contributed by atoms with Crippen molar-refractivity contribution in [3.63, 3.8) is 0 Å². The van der Waals surface area contributed by atoms with Crippen LogP contribution in [0.25, 0.3) is 0 Å². The topological polar surface area (TPSA) is 105 Å². The van der Waals surface area contributed by atoms with Crippen LogP contribution in [0.2, 0.25) is 0 Å². The molecule has 0 spiro atoms. The van der Waals surface area contributed by atoms with Gasteiger partial charge in [-0.3, -0.25) is 13.9 Å². The highest BCUT2D eigenvalue weighted by Gasteiger charge is 2.34. The third kappa shape index (κ3) is 7.87. The lowest BCUT2D eigenvalue weighted by Gasteiger charge is -2.34. The SMILES string of the molecule is CCC(C(=O)NC1CCCC1)N(Cc1cccc(OC)c1)C(=O)CN(c1ccc(C)cc1)S(=O)(=O)c1ccc(OC)cc1. The highest BCUT2D eigenvalue weighted by atomic mass is 32.2. The van der Waals surface area contributed by atoms with E-state index in [0.29, 0.717) is 23.6 Å². The largest absolute Gasteiger partial charge is 0.497 e. The first-order valence-electron chi connectivity index (χ1n) is 14.6. The third-order valence-corrected chi connectivity index (χ3v) is 9.61. The van der Waals surface area contributed by atoms with Gasteiger partial charge in [0.2, 0.25) is 11.8 Å². The van der Waals surface area contributed by atoms with Gasteiger partial charge in [-0.1, -0.05) is 49.6 Å². The van der Waals surface area contributed by atoms with E-state index in [9.17, 15) is 18.0 Å². The summed E-state index contributed by atoms with van der Waals surface area (Å²) in [6.45, 7) is 3.38. The van der Waals surface area contributed by atoms with Gasteiger partial charge >= 0.3 is 0 Å². The van der Waals surface area contributed by atoms with Crippen molar-refractivity contribution >= 4 is 27.5 Å². The number of hydrogen-bond acceptors (Lipinski definition) is 6. The normalized spacial score (nSPS) is 14.1. The maximum Gasteiger partial charge on any atom is 0.264 e. The fourth-order valence-electron chi connectivity index (χ4n) is 5.37. The molecule has 1 saturated carbocycles. The average Bonchev–Trinajstić information content (AvgIpc) is 3.53. The minimum absolute atomic E-state index is 0.0204. The minimum Gasteiger partial charge on any atom is -0.497 e. The van der Waals surface area contributed by atoms with Crippen molar-refractivity contribution in [2.45, 2.75) is 69.5 Å². The second kappa shape index (κ2) is 14.4. The molecule has 0 saturated heterocycles. The summed E-state index contributed by atoms with van der Waals surface area (Å²) >= 11 is 0. The van der Waals surface area contributed by atoms with Gasteiger partial charge < -0.3 is 19.7 Å². The molecule has 230 valence electrons. The number of anilines is 1.